The van der Waals surface area contributed by atoms with Gasteiger partial charge >= 0.3 is 0 Å². The van der Waals surface area contributed by atoms with E-state index < -0.39 is 0 Å². The highest BCUT2D eigenvalue weighted by Gasteiger charge is 2.15. The summed E-state index contributed by atoms with van der Waals surface area (Å²) in [5, 5.41) is 7.63. The van der Waals surface area contributed by atoms with Crippen molar-refractivity contribution < 1.29 is 0 Å². The number of benzene rings is 1. The van der Waals surface area contributed by atoms with Crippen LogP contribution in [0.15, 0.2) is 29.3 Å². The van der Waals surface area contributed by atoms with E-state index in [0.717, 1.165) is 43.9 Å². The summed E-state index contributed by atoms with van der Waals surface area (Å²) in [4.78, 5) is 6.78. The van der Waals surface area contributed by atoms with E-state index in [9.17, 15) is 0 Å². The molecule has 2 N–H and O–H groups in total. The number of hydrogen-bond donors (Lipinski definition) is 2. The number of nitrogens with one attached hydrogen (secondary N) is 2. The third-order valence-corrected chi connectivity index (χ3v) is 5.89. The lowest BCUT2D eigenvalue weighted by atomic mass is 10.1. The van der Waals surface area contributed by atoms with Gasteiger partial charge in [-0.1, -0.05) is 38.1 Å². The van der Waals surface area contributed by atoms with Crippen molar-refractivity contribution in [3.8, 4) is 0 Å². The van der Waals surface area contributed by atoms with Crippen LogP contribution >= 0.6 is 35.7 Å². The Kier molecular flexibility index (Phi) is 11.6. The van der Waals surface area contributed by atoms with Crippen LogP contribution in [0.5, 0.6) is 0 Å². The highest BCUT2D eigenvalue weighted by molar-refractivity contribution is 14.0. The summed E-state index contributed by atoms with van der Waals surface area (Å²) < 4.78 is 0. The molecule has 0 amide bonds. The smallest absolute Gasteiger partial charge is 0.191 e. The van der Waals surface area contributed by atoms with E-state index in [1.54, 1.807) is 0 Å². The van der Waals surface area contributed by atoms with Gasteiger partial charge in [-0.3, -0.25) is 9.89 Å². The number of guanidine groups is 1. The van der Waals surface area contributed by atoms with Gasteiger partial charge in [0.1, 0.15) is 0 Å². The molecule has 1 aliphatic heterocycles. The minimum absolute atomic E-state index is 0. The van der Waals surface area contributed by atoms with Gasteiger partial charge in [-0.05, 0) is 42.8 Å². The molecule has 0 aromatic heterocycles. The van der Waals surface area contributed by atoms with Gasteiger partial charge in [0.15, 0.2) is 5.96 Å². The van der Waals surface area contributed by atoms with Crippen molar-refractivity contribution in [1.29, 1.82) is 0 Å². The zero-order valence-electron chi connectivity index (χ0n) is 15.8. The molecule has 25 heavy (non-hydrogen) atoms. The first-order chi connectivity index (χ1) is 11.7. The maximum absolute atomic E-state index is 4.34. The summed E-state index contributed by atoms with van der Waals surface area (Å²) in [6, 6.07) is 8.84. The molecule has 6 heteroatoms. The summed E-state index contributed by atoms with van der Waals surface area (Å²) in [7, 11) is 1.84. The molecule has 142 valence electrons. The zero-order valence-corrected chi connectivity index (χ0v) is 18.9. The number of aliphatic imine (C=N–C) groups is 1. The van der Waals surface area contributed by atoms with Gasteiger partial charge in [-0.2, -0.15) is 11.8 Å². The molecular weight excluding hydrogens is 443 g/mol. The quantitative estimate of drug-likeness (QED) is 0.341. The van der Waals surface area contributed by atoms with E-state index in [4.69, 9.17) is 0 Å². The Balaban J connectivity index is 0.00000312. The van der Waals surface area contributed by atoms with Crippen LogP contribution in [0.3, 0.4) is 0 Å². The van der Waals surface area contributed by atoms with Gasteiger partial charge in [0, 0.05) is 31.9 Å². The third-order valence-electron chi connectivity index (χ3n) is 4.50. The third kappa shape index (κ3) is 8.17. The van der Waals surface area contributed by atoms with Gasteiger partial charge in [0.2, 0.25) is 0 Å². The predicted molar refractivity (Wildman–Crippen MR) is 122 cm³/mol. The van der Waals surface area contributed by atoms with Crippen LogP contribution in [0.1, 0.15) is 37.8 Å². The Bertz CT molecular complexity index is 514. The maximum atomic E-state index is 4.34. The SMILES string of the molecule is CCN(CC)Cc1cccc(CNC(=NC)NCC2CCCS2)c1.I. The van der Waals surface area contributed by atoms with Gasteiger partial charge in [-0.25, -0.2) is 0 Å². The fourth-order valence-electron chi connectivity index (χ4n) is 2.97. The highest BCUT2D eigenvalue weighted by Crippen LogP contribution is 2.25. The van der Waals surface area contributed by atoms with E-state index in [2.05, 4.69) is 70.4 Å². The Hall–Kier alpha value is -0.470. The van der Waals surface area contributed by atoms with Gasteiger partial charge in [0.05, 0.1) is 0 Å². The monoisotopic (exact) mass is 476 g/mol. The summed E-state index contributed by atoms with van der Waals surface area (Å²) >= 11 is 2.07. The van der Waals surface area contributed by atoms with Gasteiger partial charge < -0.3 is 10.6 Å². The second-order valence-electron chi connectivity index (χ2n) is 6.22. The standard InChI is InChI=1S/C19H32N4S.HI/c1-4-23(5-2)15-17-9-6-8-16(12-17)13-21-19(20-3)22-14-18-10-7-11-24-18;/h6,8-9,12,18H,4-5,7,10-11,13-15H2,1-3H3,(H2,20,21,22);1H. The molecule has 2 rings (SSSR count). The molecule has 1 aromatic carbocycles. The van der Waals surface area contributed by atoms with Crippen molar-refractivity contribution in [3.05, 3.63) is 35.4 Å². The Morgan fingerprint density at radius 1 is 1.24 bits per heavy atom. The fraction of sp³-hybridized carbons (Fsp3) is 0.632. The number of halogens is 1. The summed E-state index contributed by atoms with van der Waals surface area (Å²) in [6.45, 7) is 9.45. The molecule has 0 bridgehead atoms. The van der Waals surface area contributed by atoms with Crippen LogP contribution < -0.4 is 10.6 Å². The Morgan fingerprint density at radius 3 is 2.64 bits per heavy atom. The molecule has 0 saturated carbocycles. The molecule has 1 atom stereocenters. The van der Waals surface area contributed by atoms with Crippen molar-refractivity contribution in [2.45, 2.75) is 45.0 Å². The second-order valence-corrected chi connectivity index (χ2v) is 7.63. The van der Waals surface area contributed by atoms with Crippen LogP contribution in [0, 0.1) is 0 Å². The van der Waals surface area contributed by atoms with Crippen LogP contribution in [-0.4, -0.2) is 48.5 Å². The molecule has 0 aliphatic carbocycles. The lowest BCUT2D eigenvalue weighted by Crippen LogP contribution is -2.39. The maximum Gasteiger partial charge on any atom is 0.191 e. The van der Waals surface area contributed by atoms with Crippen LogP contribution in [0.2, 0.25) is 0 Å². The average Bonchev–Trinajstić information content (AvgIpc) is 3.13. The van der Waals surface area contributed by atoms with E-state index >= 15 is 0 Å². The largest absolute Gasteiger partial charge is 0.355 e. The Labute approximate surface area is 174 Å². The van der Waals surface area contributed by atoms with Crippen molar-refractivity contribution in [2.24, 2.45) is 4.99 Å². The van der Waals surface area contributed by atoms with E-state index in [0.29, 0.717) is 0 Å². The average molecular weight is 476 g/mol. The summed E-state index contributed by atoms with van der Waals surface area (Å²) in [5.41, 5.74) is 2.68. The molecule has 1 heterocycles. The Morgan fingerprint density at radius 2 is 2.00 bits per heavy atom. The molecule has 1 aromatic rings. The van der Waals surface area contributed by atoms with Gasteiger partial charge in [0.25, 0.3) is 0 Å². The molecular formula is C19H33IN4S. The number of nitrogens with zero attached hydrogens (tertiary/aromatic N) is 2. The van der Waals surface area contributed by atoms with Crippen molar-refractivity contribution in [2.75, 3.05) is 32.4 Å². The lowest BCUT2D eigenvalue weighted by molar-refractivity contribution is 0.296. The fourth-order valence-corrected chi connectivity index (χ4v) is 4.17. The highest BCUT2D eigenvalue weighted by atomic mass is 127. The van der Waals surface area contributed by atoms with Crippen molar-refractivity contribution in [1.82, 2.24) is 15.5 Å². The molecule has 1 fully saturated rings. The first-order valence-electron chi connectivity index (χ1n) is 9.11. The lowest BCUT2D eigenvalue weighted by Gasteiger charge is -2.19. The summed E-state index contributed by atoms with van der Waals surface area (Å²) in [5.74, 6) is 2.20. The summed E-state index contributed by atoms with van der Waals surface area (Å²) in [6.07, 6.45) is 2.67. The molecule has 1 saturated heterocycles. The molecule has 0 radical (unpaired) electrons. The topological polar surface area (TPSA) is 39.7 Å². The van der Waals surface area contributed by atoms with Crippen LogP contribution in [0.4, 0.5) is 0 Å². The zero-order chi connectivity index (χ0) is 17.2. The predicted octanol–water partition coefficient (Wildman–Crippen LogP) is 3.71. The second kappa shape index (κ2) is 12.8. The van der Waals surface area contributed by atoms with Crippen LogP contribution in [-0.2, 0) is 13.1 Å². The van der Waals surface area contributed by atoms with E-state index in [1.165, 1.54) is 29.7 Å². The molecule has 1 aliphatic rings. The number of rotatable bonds is 8. The first kappa shape index (κ1) is 22.6. The molecule has 1 unspecified atom stereocenters. The first-order valence-corrected chi connectivity index (χ1v) is 10.2. The molecule has 4 nitrogen and oxygen atoms in total. The van der Waals surface area contributed by atoms with E-state index in [-0.39, 0.29) is 24.0 Å². The minimum Gasteiger partial charge on any atom is -0.355 e. The number of thioether (sulfide) groups is 1. The molecule has 0 spiro atoms. The minimum atomic E-state index is 0. The normalized spacial score (nSPS) is 17.4. The van der Waals surface area contributed by atoms with Gasteiger partial charge in [-0.15, -0.1) is 24.0 Å². The van der Waals surface area contributed by atoms with Crippen molar-refractivity contribution in [3.63, 3.8) is 0 Å². The number of hydrogen-bond acceptors (Lipinski definition) is 3. The van der Waals surface area contributed by atoms with E-state index in [1.807, 2.05) is 7.05 Å². The van der Waals surface area contributed by atoms with Crippen LogP contribution in [0.25, 0.3) is 0 Å². The van der Waals surface area contributed by atoms with Crippen molar-refractivity contribution >= 4 is 41.7 Å².